The fourth-order valence-electron chi connectivity index (χ4n) is 4.22. The number of aromatic carboxylic acids is 1. The summed E-state index contributed by atoms with van der Waals surface area (Å²) in [6.45, 7) is 6.63. The number of pyridine rings is 1. The first-order chi connectivity index (χ1) is 15.1. The number of aromatic nitrogens is 2. The van der Waals surface area contributed by atoms with Crippen molar-refractivity contribution in [3.05, 3.63) is 54.2 Å². The molecule has 4 rings (SSSR count). The first-order valence-electron chi connectivity index (χ1n) is 10.6. The molecule has 1 fully saturated rings. The topological polar surface area (TPSA) is 84.7 Å². The number of carboxylic acid groups (broad SMARTS) is 1. The first kappa shape index (κ1) is 21.8. The number of hydrogen-bond donors (Lipinski definition) is 1. The molecule has 1 aliphatic rings. The van der Waals surface area contributed by atoms with Crippen molar-refractivity contribution >= 4 is 23.0 Å². The van der Waals surface area contributed by atoms with Crippen LogP contribution < -0.4 is 0 Å². The van der Waals surface area contributed by atoms with Crippen LogP contribution in [0.15, 0.2) is 42.9 Å². The maximum Gasteiger partial charge on any atom is 0.410 e. The van der Waals surface area contributed by atoms with Crippen molar-refractivity contribution in [1.29, 1.82) is 0 Å². The van der Waals surface area contributed by atoms with Gasteiger partial charge >= 0.3 is 12.1 Å². The summed E-state index contributed by atoms with van der Waals surface area (Å²) in [5.74, 6) is -1.80. The fraction of sp³-hybridized carbons (Fsp3) is 0.375. The van der Waals surface area contributed by atoms with Gasteiger partial charge in [-0.3, -0.25) is 4.98 Å². The Morgan fingerprint density at radius 1 is 1.22 bits per heavy atom. The van der Waals surface area contributed by atoms with Gasteiger partial charge in [-0.05, 0) is 57.4 Å². The average molecular weight is 439 g/mol. The number of carbonyl (C=O) groups excluding carboxylic acids is 1. The zero-order chi connectivity index (χ0) is 23.0. The third-order valence-electron chi connectivity index (χ3n) is 5.58. The van der Waals surface area contributed by atoms with Crippen LogP contribution in [0.4, 0.5) is 9.18 Å². The minimum Gasteiger partial charge on any atom is -0.478 e. The van der Waals surface area contributed by atoms with E-state index in [9.17, 15) is 19.1 Å². The molecule has 0 saturated carbocycles. The Balaban J connectivity index is 1.74. The van der Waals surface area contributed by atoms with Crippen molar-refractivity contribution in [1.82, 2.24) is 14.5 Å². The van der Waals surface area contributed by atoms with Gasteiger partial charge in [0.2, 0.25) is 0 Å². The summed E-state index contributed by atoms with van der Waals surface area (Å²) < 4.78 is 21.4. The number of fused-ring (bicyclic) bond motifs is 1. The van der Waals surface area contributed by atoms with Gasteiger partial charge in [0.05, 0.1) is 17.1 Å². The van der Waals surface area contributed by atoms with Crippen LogP contribution in [0.5, 0.6) is 0 Å². The standard InChI is InChI=1S/C24H26FN3O4/c1-24(2,3)32-23(31)27-10-4-5-16(13-27)28-14-20(19-12-26-9-8-21(19)28)17-7-6-15(25)11-18(17)22(29)30/h6-9,11-12,14,16H,4-5,10,13H2,1-3H3,(H,29,30). The maximum atomic E-state index is 13.7. The lowest BCUT2D eigenvalue weighted by atomic mass is 10.00. The van der Waals surface area contributed by atoms with Crippen LogP contribution in [0.1, 0.15) is 50.0 Å². The largest absolute Gasteiger partial charge is 0.478 e. The molecule has 168 valence electrons. The minimum atomic E-state index is -1.20. The Morgan fingerprint density at radius 3 is 2.72 bits per heavy atom. The van der Waals surface area contributed by atoms with E-state index in [0.29, 0.717) is 24.2 Å². The van der Waals surface area contributed by atoms with Gasteiger partial charge in [0.15, 0.2) is 0 Å². The predicted molar refractivity (Wildman–Crippen MR) is 118 cm³/mol. The van der Waals surface area contributed by atoms with Gasteiger partial charge in [0, 0.05) is 42.6 Å². The number of nitrogens with zero attached hydrogens (tertiary/aromatic N) is 3. The first-order valence-corrected chi connectivity index (χ1v) is 10.6. The molecule has 1 amide bonds. The van der Waals surface area contributed by atoms with Crippen LogP contribution in [0.2, 0.25) is 0 Å². The Bertz CT molecular complexity index is 1180. The summed E-state index contributed by atoms with van der Waals surface area (Å²) in [6, 6.07) is 5.63. The molecule has 1 atom stereocenters. The Kier molecular flexibility index (Phi) is 5.62. The summed E-state index contributed by atoms with van der Waals surface area (Å²) in [6.07, 6.45) is 6.59. The number of carboxylic acids is 1. The van der Waals surface area contributed by atoms with Crippen LogP contribution >= 0.6 is 0 Å². The van der Waals surface area contributed by atoms with E-state index < -0.39 is 17.4 Å². The molecule has 32 heavy (non-hydrogen) atoms. The molecular formula is C24H26FN3O4. The molecule has 1 aliphatic heterocycles. The quantitative estimate of drug-likeness (QED) is 0.613. The second-order valence-corrected chi connectivity index (χ2v) is 9.06. The second-order valence-electron chi connectivity index (χ2n) is 9.06. The highest BCUT2D eigenvalue weighted by Gasteiger charge is 2.30. The molecule has 7 nitrogen and oxygen atoms in total. The normalized spacial score (nSPS) is 16.9. The van der Waals surface area contributed by atoms with Gasteiger partial charge in [0.1, 0.15) is 11.4 Å². The molecule has 3 heterocycles. The summed E-state index contributed by atoms with van der Waals surface area (Å²) >= 11 is 0. The number of amides is 1. The molecule has 1 unspecified atom stereocenters. The zero-order valence-electron chi connectivity index (χ0n) is 18.3. The lowest BCUT2D eigenvalue weighted by Crippen LogP contribution is -2.43. The zero-order valence-corrected chi connectivity index (χ0v) is 18.3. The molecule has 2 aromatic heterocycles. The van der Waals surface area contributed by atoms with Gasteiger partial charge in [-0.1, -0.05) is 6.07 Å². The van der Waals surface area contributed by atoms with Crippen LogP contribution in [0.25, 0.3) is 22.0 Å². The van der Waals surface area contributed by atoms with Gasteiger partial charge in [-0.2, -0.15) is 0 Å². The van der Waals surface area contributed by atoms with Crippen LogP contribution in [0.3, 0.4) is 0 Å². The van der Waals surface area contributed by atoms with Crippen LogP contribution in [-0.4, -0.2) is 50.3 Å². The lowest BCUT2D eigenvalue weighted by molar-refractivity contribution is 0.0174. The van der Waals surface area contributed by atoms with Gasteiger partial charge < -0.3 is 19.3 Å². The fourth-order valence-corrected chi connectivity index (χ4v) is 4.22. The number of benzene rings is 1. The highest BCUT2D eigenvalue weighted by atomic mass is 19.1. The monoisotopic (exact) mass is 439 g/mol. The lowest BCUT2D eigenvalue weighted by Gasteiger charge is -2.35. The maximum absolute atomic E-state index is 13.7. The van der Waals surface area contributed by atoms with Crippen molar-refractivity contribution in [2.45, 2.75) is 45.3 Å². The SMILES string of the molecule is CC(C)(C)OC(=O)N1CCCC(n2cc(-c3ccc(F)cc3C(=O)O)c3cnccc32)C1. The number of carbonyl (C=O) groups is 2. The van der Waals surface area contributed by atoms with E-state index >= 15 is 0 Å². The summed E-state index contributed by atoms with van der Waals surface area (Å²) in [7, 11) is 0. The smallest absolute Gasteiger partial charge is 0.410 e. The molecule has 0 bridgehead atoms. The molecule has 1 N–H and O–H groups in total. The number of ether oxygens (including phenoxy) is 1. The number of piperidine rings is 1. The van der Waals surface area contributed by atoms with Crippen molar-refractivity contribution in [3.63, 3.8) is 0 Å². The summed E-state index contributed by atoms with van der Waals surface area (Å²) in [4.78, 5) is 30.3. The van der Waals surface area contributed by atoms with E-state index in [-0.39, 0.29) is 17.7 Å². The molecular weight excluding hydrogens is 413 g/mol. The molecule has 1 saturated heterocycles. The average Bonchev–Trinajstić information content (AvgIpc) is 3.12. The summed E-state index contributed by atoms with van der Waals surface area (Å²) in [5, 5.41) is 10.4. The predicted octanol–water partition coefficient (Wildman–Crippen LogP) is 5.11. The Morgan fingerprint density at radius 2 is 2.00 bits per heavy atom. The van der Waals surface area contributed by atoms with Crippen LogP contribution in [-0.2, 0) is 4.74 Å². The van der Waals surface area contributed by atoms with E-state index in [0.717, 1.165) is 29.8 Å². The minimum absolute atomic E-state index is 0.0105. The third-order valence-corrected chi connectivity index (χ3v) is 5.58. The van der Waals surface area contributed by atoms with E-state index in [4.69, 9.17) is 4.74 Å². The van der Waals surface area contributed by atoms with E-state index in [1.54, 1.807) is 17.3 Å². The van der Waals surface area contributed by atoms with E-state index in [1.807, 2.05) is 33.0 Å². The number of rotatable bonds is 3. The Hall–Kier alpha value is -3.42. The molecule has 0 spiro atoms. The Labute approximate surface area is 185 Å². The molecule has 0 aliphatic carbocycles. The van der Waals surface area contributed by atoms with Crippen LogP contribution in [0, 0.1) is 5.82 Å². The van der Waals surface area contributed by atoms with E-state index in [2.05, 4.69) is 9.55 Å². The van der Waals surface area contributed by atoms with Crippen molar-refractivity contribution < 1.29 is 23.8 Å². The van der Waals surface area contributed by atoms with Gasteiger partial charge in [0.25, 0.3) is 0 Å². The van der Waals surface area contributed by atoms with Gasteiger partial charge in [-0.25, -0.2) is 14.0 Å². The molecule has 1 aromatic carbocycles. The van der Waals surface area contributed by atoms with Crippen molar-refractivity contribution in [3.8, 4) is 11.1 Å². The third kappa shape index (κ3) is 4.30. The highest BCUT2D eigenvalue weighted by Crippen LogP contribution is 2.36. The highest BCUT2D eigenvalue weighted by molar-refractivity contribution is 6.03. The summed E-state index contributed by atoms with van der Waals surface area (Å²) in [5.41, 5.74) is 1.30. The molecule has 3 aromatic rings. The van der Waals surface area contributed by atoms with Crippen molar-refractivity contribution in [2.75, 3.05) is 13.1 Å². The molecule has 0 radical (unpaired) electrons. The second kappa shape index (κ2) is 8.26. The molecule has 8 heteroatoms. The van der Waals surface area contributed by atoms with Gasteiger partial charge in [-0.15, -0.1) is 0 Å². The number of hydrogen-bond acceptors (Lipinski definition) is 4. The number of likely N-dealkylation sites (tertiary alicyclic amines) is 1. The van der Waals surface area contributed by atoms with Crippen molar-refractivity contribution in [2.24, 2.45) is 0 Å². The van der Waals surface area contributed by atoms with E-state index in [1.165, 1.54) is 12.1 Å². The number of halogens is 1.